The minimum Gasteiger partial charge on any atom is -0.361 e. The number of urea groups is 1. The predicted molar refractivity (Wildman–Crippen MR) is 121 cm³/mol. The molecule has 2 atom stereocenters. The third-order valence-corrected chi connectivity index (χ3v) is 6.04. The van der Waals surface area contributed by atoms with E-state index in [-0.39, 0.29) is 41.7 Å². The maximum atomic E-state index is 12.2. The highest BCUT2D eigenvalue weighted by atomic mass is 127. The number of nitrogens with zero attached hydrogens (tertiary/aromatic N) is 3. The molecular formula is C19H31IN6O3. The molecule has 3 amide bonds. The molecule has 2 aliphatic heterocycles. The molecular weight excluding hydrogens is 487 g/mol. The molecule has 10 heteroatoms. The van der Waals surface area contributed by atoms with E-state index in [1.54, 1.807) is 7.05 Å². The number of aromatic nitrogens is 1. The van der Waals surface area contributed by atoms with Gasteiger partial charge in [0.1, 0.15) is 11.3 Å². The van der Waals surface area contributed by atoms with Crippen LogP contribution in [0.4, 0.5) is 4.79 Å². The lowest BCUT2D eigenvalue weighted by Gasteiger charge is -2.39. The summed E-state index contributed by atoms with van der Waals surface area (Å²) < 4.78 is 5.27. The molecule has 0 aromatic carbocycles. The fourth-order valence-electron chi connectivity index (χ4n) is 4.39. The van der Waals surface area contributed by atoms with Crippen molar-refractivity contribution < 1.29 is 14.1 Å². The Morgan fingerprint density at radius 3 is 2.52 bits per heavy atom. The first-order valence-corrected chi connectivity index (χ1v) is 9.78. The van der Waals surface area contributed by atoms with Gasteiger partial charge in [0, 0.05) is 38.2 Å². The Morgan fingerprint density at radius 1 is 1.38 bits per heavy atom. The van der Waals surface area contributed by atoms with Crippen molar-refractivity contribution in [1.29, 1.82) is 0 Å². The van der Waals surface area contributed by atoms with E-state index in [9.17, 15) is 9.59 Å². The summed E-state index contributed by atoms with van der Waals surface area (Å²) in [4.78, 5) is 30.3. The van der Waals surface area contributed by atoms with E-state index in [0.717, 1.165) is 55.5 Å². The van der Waals surface area contributed by atoms with Crippen molar-refractivity contribution in [3.8, 4) is 0 Å². The summed E-state index contributed by atoms with van der Waals surface area (Å²) in [5.41, 5.74) is 1.24. The number of aliphatic imine (C=N–C) groups is 1. The predicted octanol–water partition coefficient (Wildman–Crippen LogP) is 1.90. The van der Waals surface area contributed by atoms with Gasteiger partial charge in [0.05, 0.1) is 5.69 Å². The van der Waals surface area contributed by atoms with Crippen LogP contribution in [0.2, 0.25) is 0 Å². The van der Waals surface area contributed by atoms with Gasteiger partial charge in [-0.1, -0.05) is 12.1 Å². The van der Waals surface area contributed by atoms with Gasteiger partial charge in [-0.2, -0.15) is 0 Å². The van der Waals surface area contributed by atoms with Gasteiger partial charge in [0.15, 0.2) is 5.96 Å². The highest BCUT2D eigenvalue weighted by Gasteiger charge is 2.48. The molecule has 2 fully saturated rings. The van der Waals surface area contributed by atoms with Gasteiger partial charge in [-0.25, -0.2) is 4.79 Å². The first-order chi connectivity index (χ1) is 13.3. The summed E-state index contributed by atoms with van der Waals surface area (Å²) in [7, 11) is 1.78. The van der Waals surface area contributed by atoms with Crippen LogP contribution in [0.1, 0.15) is 49.6 Å². The van der Waals surface area contributed by atoms with E-state index < -0.39 is 11.6 Å². The average molecular weight is 518 g/mol. The Labute approximate surface area is 188 Å². The van der Waals surface area contributed by atoms with E-state index in [0.29, 0.717) is 0 Å². The molecule has 3 N–H and O–H groups in total. The zero-order chi connectivity index (χ0) is 20.5. The van der Waals surface area contributed by atoms with E-state index in [4.69, 9.17) is 4.52 Å². The number of carbonyl (C=O) groups excluding carboxylic acids is 2. The average Bonchev–Trinajstić information content (AvgIpc) is 3.13. The summed E-state index contributed by atoms with van der Waals surface area (Å²) >= 11 is 0. The Morgan fingerprint density at radius 2 is 2.03 bits per heavy atom. The van der Waals surface area contributed by atoms with Gasteiger partial charge >= 0.3 is 6.03 Å². The van der Waals surface area contributed by atoms with E-state index in [1.807, 2.05) is 20.8 Å². The smallest absolute Gasteiger partial charge is 0.322 e. The number of aryl methyl sites for hydroxylation is 2. The van der Waals surface area contributed by atoms with Crippen LogP contribution in [0.25, 0.3) is 0 Å². The maximum Gasteiger partial charge on any atom is 0.322 e. The molecule has 162 valence electrons. The number of guanidine groups is 1. The monoisotopic (exact) mass is 518 g/mol. The second-order valence-electron chi connectivity index (χ2n) is 7.94. The molecule has 1 aromatic rings. The summed E-state index contributed by atoms with van der Waals surface area (Å²) in [6.45, 7) is 10.1. The SMILES string of the molecule is CN=C(NCC(C)c1c(C)noc1C)N1CCC(C2(C)NC(=O)NC2=O)CC1.I. The molecule has 3 rings (SSSR count). The minimum atomic E-state index is -0.821. The fraction of sp³-hybridized carbons (Fsp3) is 0.684. The summed E-state index contributed by atoms with van der Waals surface area (Å²) in [5.74, 6) is 1.83. The quantitative estimate of drug-likeness (QED) is 0.243. The van der Waals surface area contributed by atoms with Crippen molar-refractivity contribution in [3.63, 3.8) is 0 Å². The second-order valence-corrected chi connectivity index (χ2v) is 7.94. The lowest BCUT2D eigenvalue weighted by molar-refractivity contribution is -0.125. The molecule has 9 nitrogen and oxygen atoms in total. The molecule has 0 aliphatic carbocycles. The van der Waals surface area contributed by atoms with Crippen LogP contribution in [-0.4, -0.2) is 60.2 Å². The van der Waals surface area contributed by atoms with Crippen molar-refractivity contribution in [3.05, 3.63) is 17.0 Å². The maximum absolute atomic E-state index is 12.2. The molecule has 0 saturated carbocycles. The highest BCUT2D eigenvalue weighted by Crippen LogP contribution is 2.30. The number of hydrogen-bond donors (Lipinski definition) is 3. The summed E-state index contributed by atoms with van der Waals surface area (Å²) in [5, 5.41) is 12.6. The number of hydrogen-bond acceptors (Lipinski definition) is 5. The van der Waals surface area contributed by atoms with Crippen molar-refractivity contribution in [1.82, 2.24) is 26.0 Å². The van der Waals surface area contributed by atoms with E-state index >= 15 is 0 Å². The topological polar surface area (TPSA) is 112 Å². The number of halogens is 1. The number of amides is 3. The fourth-order valence-corrected chi connectivity index (χ4v) is 4.39. The van der Waals surface area contributed by atoms with Crippen LogP contribution >= 0.6 is 24.0 Å². The second kappa shape index (κ2) is 9.31. The molecule has 3 heterocycles. The standard InChI is InChI=1S/C19H30N6O3.HI/c1-11(15-12(2)24-28-13(15)3)10-21-17(20-5)25-8-6-14(7-9-25)19(4)16(26)22-18(27)23-19;/h11,14H,6-10H2,1-5H3,(H,20,21)(H2,22,23,26,27);1H. The Balaban J connectivity index is 0.00000300. The van der Waals surface area contributed by atoms with E-state index in [1.165, 1.54) is 0 Å². The number of imide groups is 1. The normalized spacial score (nSPS) is 24.0. The van der Waals surface area contributed by atoms with Crippen LogP contribution < -0.4 is 16.0 Å². The van der Waals surface area contributed by atoms with Crippen LogP contribution in [0, 0.1) is 19.8 Å². The third kappa shape index (κ3) is 4.67. The summed E-state index contributed by atoms with van der Waals surface area (Å²) in [6.07, 6.45) is 1.62. The van der Waals surface area contributed by atoms with Gasteiger partial charge < -0.3 is 20.1 Å². The van der Waals surface area contributed by atoms with Gasteiger partial charge in [-0.05, 0) is 39.5 Å². The molecule has 2 aliphatic rings. The zero-order valence-electron chi connectivity index (χ0n) is 17.7. The van der Waals surface area contributed by atoms with Gasteiger partial charge in [-0.15, -0.1) is 24.0 Å². The number of nitrogens with one attached hydrogen (secondary N) is 3. The van der Waals surface area contributed by atoms with Crippen LogP contribution in [-0.2, 0) is 4.79 Å². The number of piperidine rings is 1. The van der Waals surface area contributed by atoms with Crippen molar-refractivity contribution in [2.45, 2.75) is 52.0 Å². The molecule has 2 unspecified atom stereocenters. The zero-order valence-corrected chi connectivity index (χ0v) is 20.0. The van der Waals surface area contributed by atoms with Crippen LogP contribution in [0.5, 0.6) is 0 Å². The number of likely N-dealkylation sites (tertiary alicyclic amines) is 1. The van der Waals surface area contributed by atoms with Crippen LogP contribution in [0.15, 0.2) is 9.52 Å². The molecule has 0 bridgehead atoms. The Bertz CT molecular complexity index is 767. The third-order valence-electron chi connectivity index (χ3n) is 6.04. The largest absolute Gasteiger partial charge is 0.361 e. The lowest BCUT2D eigenvalue weighted by atomic mass is 9.79. The van der Waals surface area contributed by atoms with Crippen molar-refractivity contribution >= 4 is 41.9 Å². The Hall–Kier alpha value is -1.85. The number of rotatable bonds is 4. The van der Waals surface area contributed by atoms with Gasteiger partial charge in [0.25, 0.3) is 5.91 Å². The highest BCUT2D eigenvalue weighted by molar-refractivity contribution is 14.0. The minimum absolute atomic E-state index is 0. The van der Waals surface area contributed by atoms with Crippen LogP contribution in [0.3, 0.4) is 0 Å². The molecule has 0 radical (unpaired) electrons. The number of carbonyl (C=O) groups is 2. The van der Waals surface area contributed by atoms with Crippen molar-refractivity contribution in [2.75, 3.05) is 26.7 Å². The Kier molecular flexibility index (Phi) is 7.52. The lowest BCUT2D eigenvalue weighted by Crippen LogP contribution is -2.55. The molecule has 2 saturated heterocycles. The van der Waals surface area contributed by atoms with Gasteiger partial charge in [0.2, 0.25) is 0 Å². The van der Waals surface area contributed by atoms with Gasteiger partial charge in [-0.3, -0.25) is 15.1 Å². The van der Waals surface area contributed by atoms with Crippen molar-refractivity contribution in [2.24, 2.45) is 10.9 Å². The molecule has 29 heavy (non-hydrogen) atoms. The first-order valence-electron chi connectivity index (χ1n) is 9.78. The first kappa shape index (κ1) is 23.4. The summed E-state index contributed by atoms with van der Waals surface area (Å²) in [6, 6.07) is -0.402. The van der Waals surface area contributed by atoms with E-state index in [2.05, 4.69) is 37.9 Å². The molecule has 1 aromatic heterocycles. The molecule has 0 spiro atoms.